The predicted molar refractivity (Wildman–Crippen MR) is 212 cm³/mol. The molecule has 0 bridgehead atoms. The molecule has 53 heavy (non-hydrogen) atoms. The minimum atomic E-state index is -0.333. The van der Waals surface area contributed by atoms with E-state index in [0.717, 1.165) is 111 Å². The summed E-state index contributed by atoms with van der Waals surface area (Å²) >= 11 is 0. The molecule has 2 aliphatic carbocycles. The maximum absolute atomic E-state index is 13.5. The van der Waals surface area contributed by atoms with Crippen molar-refractivity contribution in [1.82, 2.24) is 0 Å². The number of unbranched alkanes of at least 4 members (excludes halogenated alkanes) is 4. The van der Waals surface area contributed by atoms with E-state index in [1.165, 1.54) is 11.1 Å². The highest BCUT2D eigenvalue weighted by Gasteiger charge is 2.47. The SMILES string of the molecule is CCCCCc1cc(OC(=O)CCCC(=O)Oc2cc(CCCCC)cc3c2[C@@H]2C=C(C)CC[C@H]2C(C)(C)O3)c2c(c1)OC(C)(C)[C@@H]1CCC(C)=C[C@@H]21. The molecule has 288 valence electrons. The number of carbonyl (C=O) groups excluding carboxylic acids is 2. The monoisotopic (exact) mass is 724 g/mol. The third kappa shape index (κ3) is 8.89. The van der Waals surface area contributed by atoms with E-state index < -0.39 is 0 Å². The molecule has 0 amide bonds. The molecule has 6 rings (SSSR count). The minimum Gasteiger partial charge on any atom is -0.487 e. The lowest BCUT2D eigenvalue weighted by Crippen LogP contribution is -2.45. The fourth-order valence-corrected chi connectivity index (χ4v) is 9.46. The van der Waals surface area contributed by atoms with E-state index in [2.05, 4.69) is 91.8 Å². The molecule has 0 fully saturated rings. The van der Waals surface area contributed by atoms with Crippen molar-refractivity contribution in [3.8, 4) is 23.0 Å². The van der Waals surface area contributed by atoms with Gasteiger partial charge in [-0.15, -0.1) is 0 Å². The first-order valence-corrected chi connectivity index (χ1v) is 20.8. The third-order valence-electron chi connectivity index (χ3n) is 12.4. The summed E-state index contributed by atoms with van der Waals surface area (Å²) in [6.07, 6.45) is 18.0. The molecular weight excluding hydrogens is 661 g/mol. The van der Waals surface area contributed by atoms with Crippen molar-refractivity contribution in [2.24, 2.45) is 11.8 Å². The molecule has 0 N–H and O–H groups in total. The van der Waals surface area contributed by atoms with E-state index >= 15 is 0 Å². The molecular formula is C47H64O6. The van der Waals surface area contributed by atoms with E-state index in [9.17, 15) is 9.59 Å². The average molecular weight is 725 g/mol. The largest absolute Gasteiger partial charge is 0.487 e. The predicted octanol–water partition coefficient (Wildman–Crippen LogP) is 12.1. The zero-order chi connectivity index (χ0) is 37.9. The Labute approximate surface area is 319 Å². The van der Waals surface area contributed by atoms with Crippen molar-refractivity contribution in [3.05, 3.63) is 69.8 Å². The average Bonchev–Trinajstić information content (AvgIpc) is 3.07. The molecule has 0 aromatic heterocycles. The van der Waals surface area contributed by atoms with Crippen molar-refractivity contribution in [2.75, 3.05) is 0 Å². The Morgan fingerprint density at radius 2 is 1.06 bits per heavy atom. The van der Waals surface area contributed by atoms with Gasteiger partial charge in [-0.05, 0) is 135 Å². The molecule has 0 spiro atoms. The first-order chi connectivity index (χ1) is 25.3. The van der Waals surface area contributed by atoms with Gasteiger partial charge in [0.15, 0.2) is 0 Å². The summed E-state index contributed by atoms with van der Waals surface area (Å²) in [5.74, 6) is 3.08. The Kier molecular flexibility index (Phi) is 12.2. The molecule has 2 heterocycles. The van der Waals surface area contributed by atoms with E-state index in [4.69, 9.17) is 18.9 Å². The van der Waals surface area contributed by atoms with E-state index in [1.54, 1.807) is 0 Å². The van der Waals surface area contributed by atoms with Gasteiger partial charge in [-0.2, -0.15) is 0 Å². The number of hydrogen-bond acceptors (Lipinski definition) is 6. The molecule has 2 aromatic rings. The van der Waals surface area contributed by atoms with Gasteiger partial charge in [-0.1, -0.05) is 62.8 Å². The zero-order valence-corrected chi connectivity index (χ0v) is 33.8. The van der Waals surface area contributed by atoms with E-state index in [-0.39, 0.29) is 47.8 Å². The maximum atomic E-state index is 13.5. The topological polar surface area (TPSA) is 71.1 Å². The second-order valence-electron chi connectivity index (χ2n) is 17.5. The summed E-state index contributed by atoms with van der Waals surface area (Å²) in [6.45, 7) is 17.6. The van der Waals surface area contributed by atoms with Crippen molar-refractivity contribution >= 4 is 11.9 Å². The summed E-state index contributed by atoms with van der Waals surface area (Å²) in [5, 5.41) is 0. The highest BCUT2D eigenvalue weighted by Crippen LogP contribution is 2.55. The van der Waals surface area contributed by atoms with Crippen LogP contribution in [0, 0.1) is 11.8 Å². The van der Waals surface area contributed by atoms with Crippen LogP contribution in [0.5, 0.6) is 23.0 Å². The van der Waals surface area contributed by atoms with Crippen LogP contribution < -0.4 is 18.9 Å². The number of esters is 2. The van der Waals surface area contributed by atoms with Gasteiger partial charge in [-0.3, -0.25) is 9.59 Å². The number of ether oxygens (including phenoxy) is 4. The molecule has 4 aliphatic rings. The molecule has 6 nitrogen and oxygen atoms in total. The van der Waals surface area contributed by atoms with E-state index in [0.29, 0.717) is 29.8 Å². The number of allylic oxidation sites excluding steroid dienone is 4. The van der Waals surface area contributed by atoms with Crippen molar-refractivity contribution in [2.45, 2.75) is 175 Å². The summed E-state index contributed by atoms with van der Waals surface area (Å²) in [4.78, 5) is 27.0. The maximum Gasteiger partial charge on any atom is 0.311 e. The molecule has 0 saturated heterocycles. The number of rotatable bonds is 14. The number of benzene rings is 2. The van der Waals surface area contributed by atoms with Crippen LogP contribution in [0.25, 0.3) is 0 Å². The Morgan fingerprint density at radius 1 is 0.642 bits per heavy atom. The van der Waals surface area contributed by atoms with Crippen LogP contribution in [0.4, 0.5) is 0 Å². The lowest BCUT2D eigenvalue weighted by molar-refractivity contribution is -0.136. The Morgan fingerprint density at radius 3 is 1.45 bits per heavy atom. The minimum absolute atomic E-state index is 0.123. The standard InChI is InChI=1S/C47H64O6/c1-9-11-13-16-32-26-38(44-34-24-30(3)20-22-36(34)46(5,6)52-40(44)28-32)50-42(48)18-15-19-43(49)51-39-27-33(17-14-12-10-2)29-41-45(39)35-25-31(4)21-23-37(35)47(7,8)53-41/h24-29,34-37H,9-23H2,1-8H3/t34-,35-,36-,37-/m1/s1. The summed E-state index contributed by atoms with van der Waals surface area (Å²) < 4.78 is 25.8. The van der Waals surface area contributed by atoms with Gasteiger partial charge < -0.3 is 18.9 Å². The van der Waals surface area contributed by atoms with Gasteiger partial charge in [-0.25, -0.2) is 0 Å². The highest BCUT2D eigenvalue weighted by molar-refractivity contribution is 5.77. The van der Waals surface area contributed by atoms with Gasteiger partial charge in [0.2, 0.25) is 0 Å². The van der Waals surface area contributed by atoms with Crippen LogP contribution in [0.2, 0.25) is 0 Å². The summed E-state index contributed by atoms with van der Waals surface area (Å²) in [6, 6.07) is 8.46. The zero-order valence-electron chi connectivity index (χ0n) is 33.8. The Hall–Kier alpha value is -3.54. The van der Waals surface area contributed by atoms with Crippen LogP contribution >= 0.6 is 0 Å². The molecule has 2 aromatic carbocycles. The molecule has 0 radical (unpaired) electrons. The van der Waals surface area contributed by atoms with Crippen molar-refractivity contribution < 1.29 is 28.5 Å². The smallest absolute Gasteiger partial charge is 0.311 e. The van der Waals surface area contributed by atoms with Gasteiger partial charge in [0.25, 0.3) is 0 Å². The van der Waals surface area contributed by atoms with Gasteiger partial charge >= 0.3 is 11.9 Å². The molecule has 0 unspecified atom stereocenters. The van der Waals surface area contributed by atoms with Crippen LogP contribution in [0.1, 0.15) is 173 Å². The number of hydrogen-bond donors (Lipinski definition) is 0. The quantitative estimate of drug-likeness (QED) is 0.0836. The number of aryl methyl sites for hydroxylation is 2. The first-order valence-electron chi connectivity index (χ1n) is 20.8. The molecule has 2 aliphatic heterocycles. The first kappa shape index (κ1) is 39.2. The lowest BCUT2D eigenvalue weighted by atomic mass is 9.68. The fourth-order valence-electron chi connectivity index (χ4n) is 9.46. The molecule has 4 atom stereocenters. The second-order valence-corrected chi connectivity index (χ2v) is 17.5. The summed E-state index contributed by atoms with van der Waals surface area (Å²) in [7, 11) is 0. The van der Waals surface area contributed by atoms with E-state index in [1.807, 2.05) is 0 Å². The number of carbonyl (C=O) groups is 2. The highest BCUT2D eigenvalue weighted by atomic mass is 16.5. The third-order valence-corrected chi connectivity index (χ3v) is 12.4. The van der Waals surface area contributed by atoms with Crippen LogP contribution in [-0.4, -0.2) is 23.1 Å². The van der Waals surface area contributed by atoms with Crippen molar-refractivity contribution in [1.29, 1.82) is 0 Å². The van der Waals surface area contributed by atoms with Crippen molar-refractivity contribution in [3.63, 3.8) is 0 Å². The normalized spacial score (nSPS) is 23.5. The van der Waals surface area contributed by atoms with Gasteiger partial charge in [0, 0.05) is 47.6 Å². The lowest BCUT2D eigenvalue weighted by Gasteiger charge is -2.46. The Balaban J connectivity index is 1.18. The molecule has 6 heteroatoms. The summed E-state index contributed by atoms with van der Waals surface area (Å²) in [5.41, 5.74) is 6.33. The molecule has 0 saturated carbocycles. The van der Waals surface area contributed by atoms with Gasteiger partial charge in [0.1, 0.15) is 34.2 Å². The van der Waals surface area contributed by atoms with Crippen LogP contribution in [0.3, 0.4) is 0 Å². The fraction of sp³-hybridized carbons (Fsp3) is 0.617. The van der Waals surface area contributed by atoms with Crippen LogP contribution in [0.15, 0.2) is 47.6 Å². The van der Waals surface area contributed by atoms with Gasteiger partial charge in [0.05, 0.1) is 0 Å². The Bertz CT molecular complexity index is 1600. The second kappa shape index (κ2) is 16.4. The number of fused-ring (bicyclic) bond motifs is 6. The van der Waals surface area contributed by atoms with Crippen LogP contribution in [-0.2, 0) is 22.4 Å².